The fraction of sp³-hybridized carbons (Fsp3) is 0.500. The second-order valence-corrected chi connectivity index (χ2v) is 8.55. The first-order valence-corrected chi connectivity index (χ1v) is 11.4. The molecule has 1 saturated carbocycles. The minimum atomic E-state index is -0.793. The molecule has 0 aromatic heterocycles. The molecule has 0 radical (unpaired) electrons. The number of esters is 1. The minimum Gasteiger partial charge on any atom is -0.462 e. The molecular formula is C26H33NO3. The van der Waals surface area contributed by atoms with E-state index >= 15 is 0 Å². The van der Waals surface area contributed by atoms with Gasteiger partial charge in [0, 0.05) is 6.54 Å². The minimum absolute atomic E-state index is 0.0753. The largest absolute Gasteiger partial charge is 0.462 e. The van der Waals surface area contributed by atoms with E-state index in [1.54, 1.807) is 0 Å². The molecule has 0 unspecified atom stereocenters. The van der Waals surface area contributed by atoms with Crippen molar-refractivity contribution in [3.63, 3.8) is 0 Å². The Bertz CT molecular complexity index is 741. The van der Waals surface area contributed by atoms with Crippen LogP contribution in [0.3, 0.4) is 0 Å². The zero-order valence-electron chi connectivity index (χ0n) is 17.8. The lowest BCUT2D eigenvalue weighted by atomic mass is 9.86. The Morgan fingerprint density at radius 1 is 0.867 bits per heavy atom. The number of ether oxygens (including phenoxy) is 2. The Morgan fingerprint density at radius 3 is 1.97 bits per heavy atom. The van der Waals surface area contributed by atoms with E-state index in [-0.39, 0.29) is 18.5 Å². The molecule has 0 atom stereocenters. The summed E-state index contributed by atoms with van der Waals surface area (Å²) in [4.78, 5) is 14.9. The number of carbonyl (C=O) groups is 1. The van der Waals surface area contributed by atoms with Crippen molar-refractivity contribution in [2.24, 2.45) is 5.92 Å². The molecular weight excluding hydrogens is 374 g/mol. The van der Waals surface area contributed by atoms with E-state index in [9.17, 15) is 4.79 Å². The van der Waals surface area contributed by atoms with E-state index in [2.05, 4.69) is 29.2 Å². The molecule has 2 fully saturated rings. The van der Waals surface area contributed by atoms with Crippen LogP contribution in [-0.4, -0.2) is 43.7 Å². The molecule has 0 N–H and O–H groups in total. The Labute approximate surface area is 180 Å². The van der Waals surface area contributed by atoms with Crippen molar-refractivity contribution in [3.8, 4) is 0 Å². The highest BCUT2D eigenvalue weighted by Crippen LogP contribution is 2.36. The molecule has 1 heterocycles. The molecule has 1 saturated heterocycles. The van der Waals surface area contributed by atoms with Gasteiger partial charge in [0.2, 0.25) is 0 Å². The van der Waals surface area contributed by atoms with Crippen LogP contribution in [0.15, 0.2) is 60.7 Å². The lowest BCUT2D eigenvalue weighted by molar-refractivity contribution is -0.155. The van der Waals surface area contributed by atoms with Crippen LogP contribution in [0.5, 0.6) is 0 Å². The van der Waals surface area contributed by atoms with Crippen LogP contribution < -0.4 is 0 Å². The summed E-state index contributed by atoms with van der Waals surface area (Å²) in [5.41, 5.74) is 1.25. The summed E-state index contributed by atoms with van der Waals surface area (Å²) in [6, 6.07) is 20.4. The van der Waals surface area contributed by atoms with Crippen molar-refractivity contribution >= 4 is 5.97 Å². The van der Waals surface area contributed by atoms with E-state index in [0.717, 1.165) is 43.6 Å². The first-order chi connectivity index (χ1) is 14.8. The van der Waals surface area contributed by atoms with Gasteiger partial charge in [0.1, 0.15) is 6.61 Å². The number of hydrogen-bond donors (Lipinski definition) is 0. The third-order valence-electron chi connectivity index (χ3n) is 6.26. The standard InChI is InChI=1S/C26H33NO3/c28-25(22-15-16-22)29-21-26(23-11-5-3-6-12-23,24-13-7-4-8-14-24)30-20-19-27-17-9-1-2-10-18-27/h3-8,11-14,22H,1-2,9-10,15-21H2. The third-order valence-corrected chi connectivity index (χ3v) is 6.26. The zero-order valence-corrected chi connectivity index (χ0v) is 17.8. The van der Waals surface area contributed by atoms with Crippen LogP contribution in [0.2, 0.25) is 0 Å². The van der Waals surface area contributed by atoms with Crippen LogP contribution >= 0.6 is 0 Å². The Hall–Kier alpha value is -2.17. The van der Waals surface area contributed by atoms with Crippen LogP contribution in [0.1, 0.15) is 49.7 Å². The molecule has 0 bridgehead atoms. The predicted octanol–water partition coefficient (Wildman–Crippen LogP) is 4.78. The molecule has 1 aliphatic heterocycles. The zero-order chi connectivity index (χ0) is 20.7. The number of benzene rings is 2. The lowest BCUT2D eigenvalue weighted by Crippen LogP contribution is -2.40. The van der Waals surface area contributed by atoms with Gasteiger partial charge in [0.25, 0.3) is 0 Å². The average Bonchev–Trinajstić information content (AvgIpc) is 3.65. The molecule has 0 spiro atoms. The number of rotatable bonds is 9. The van der Waals surface area contributed by atoms with Crippen LogP contribution in [-0.2, 0) is 19.9 Å². The van der Waals surface area contributed by atoms with Crippen molar-refractivity contribution in [1.82, 2.24) is 4.90 Å². The van der Waals surface area contributed by atoms with Gasteiger partial charge in [-0.2, -0.15) is 0 Å². The summed E-state index contributed by atoms with van der Waals surface area (Å²) in [7, 11) is 0. The fourth-order valence-electron chi connectivity index (χ4n) is 4.27. The Balaban J connectivity index is 1.56. The first-order valence-electron chi connectivity index (χ1n) is 11.4. The maximum absolute atomic E-state index is 12.4. The van der Waals surface area contributed by atoms with E-state index in [0.29, 0.717) is 6.61 Å². The summed E-state index contributed by atoms with van der Waals surface area (Å²) < 4.78 is 12.5. The van der Waals surface area contributed by atoms with Gasteiger partial charge in [-0.25, -0.2) is 0 Å². The van der Waals surface area contributed by atoms with Crippen molar-refractivity contribution in [2.75, 3.05) is 32.8 Å². The first kappa shape index (κ1) is 21.1. The molecule has 0 amide bonds. The number of hydrogen-bond acceptors (Lipinski definition) is 4. The quantitative estimate of drug-likeness (QED) is 0.561. The lowest BCUT2D eigenvalue weighted by Gasteiger charge is -2.35. The van der Waals surface area contributed by atoms with Crippen molar-refractivity contribution in [3.05, 3.63) is 71.8 Å². The highest BCUT2D eigenvalue weighted by Gasteiger charge is 2.39. The van der Waals surface area contributed by atoms with Crippen LogP contribution in [0.4, 0.5) is 0 Å². The highest BCUT2D eigenvalue weighted by molar-refractivity contribution is 5.75. The molecule has 4 rings (SSSR count). The number of nitrogens with zero attached hydrogens (tertiary/aromatic N) is 1. The fourth-order valence-corrected chi connectivity index (χ4v) is 4.27. The Morgan fingerprint density at radius 2 is 1.43 bits per heavy atom. The third kappa shape index (κ3) is 5.30. The van der Waals surface area contributed by atoms with Gasteiger partial charge in [-0.3, -0.25) is 4.79 Å². The van der Waals surface area contributed by atoms with Gasteiger partial charge < -0.3 is 14.4 Å². The van der Waals surface area contributed by atoms with Crippen molar-refractivity contribution in [1.29, 1.82) is 0 Å². The second-order valence-electron chi connectivity index (χ2n) is 8.55. The van der Waals surface area contributed by atoms with Gasteiger partial charge >= 0.3 is 5.97 Å². The molecule has 4 heteroatoms. The normalized spacial score (nSPS) is 18.0. The van der Waals surface area contributed by atoms with Crippen molar-refractivity contribution in [2.45, 2.75) is 44.1 Å². The molecule has 2 aromatic carbocycles. The summed E-state index contributed by atoms with van der Waals surface area (Å²) >= 11 is 0. The monoisotopic (exact) mass is 407 g/mol. The van der Waals surface area contributed by atoms with Gasteiger partial charge in [0.15, 0.2) is 5.60 Å². The van der Waals surface area contributed by atoms with E-state index in [1.165, 1.54) is 25.7 Å². The van der Waals surface area contributed by atoms with Gasteiger partial charge in [-0.05, 0) is 49.9 Å². The maximum atomic E-state index is 12.4. The predicted molar refractivity (Wildman–Crippen MR) is 118 cm³/mol. The maximum Gasteiger partial charge on any atom is 0.309 e. The highest BCUT2D eigenvalue weighted by atomic mass is 16.6. The summed E-state index contributed by atoms with van der Waals surface area (Å²) in [5.74, 6) is -0.0197. The second kappa shape index (κ2) is 10.2. The molecule has 1 aliphatic carbocycles. The number of carbonyl (C=O) groups excluding carboxylic acids is 1. The van der Waals surface area contributed by atoms with E-state index in [4.69, 9.17) is 9.47 Å². The molecule has 2 aliphatic rings. The van der Waals surface area contributed by atoms with Gasteiger partial charge in [0.05, 0.1) is 12.5 Å². The number of likely N-dealkylation sites (tertiary alicyclic amines) is 1. The topological polar surface area (TPSA) is 38.8 Å². The molecule has 30 heavy (non-hydrogen) atoms. The molecule has 4 nitrogen and oxygen atoms in total. The molecule has 2 aromatic rings. The molecule has 160 valence electrons. The van der Waals surface area contributed by atoms with E-state index < -0.39 is 5.60 Å². The smallest absolute Gasteiger partial charge is 0.309 e. The average molecular weight is 408 g/mol. The summed E-state index contributed by atoms with van der Waals surface area (Å²) in [6.07, 6.45) is 7.07. The van der Waals surface area contributed by atoms with E-state index in [1.807, 2.05) is 36.4 Å². The Kier molecular flexibility index (Phi) is 7.19. The van der Waals surface area contributed by atoms with Crippen LogP contribution in [0.25, 0.3) is 0 Å². The van der Waals surface area contributed by atoms with Crippen molar-refractivity contribution < 1.29 is 14.3 Å². The SMILES string of the molecule is O=C(OCC(OCCN1CCCCCC1)(c1ccccc1)c1ccccc1)C1CC1. The summed E-state index contributed by atoms with van der Waals surface area (Å²) in [6.45, 7) is 3.99. The summed E-state index contributed by atoms with van der Waals surface area (Å²) in [5, 5.41) is 0. The van der Waals surface area contributed by atoms with Crippen LogP contribution in [0, 0.1) is 5.92 Å². The van der Waals surface area contributed by atoms with Gasteiger partial charge in [-0.1, -0.05) is 73.5 Å². The van der Waals surface area contributed by atoms with Gasteiger partial charge in [-0.15, -0.1) is 0 Å².